The van der Waals surface area contributed by atoms with Crippen LogP contribution in [0.5, 0.6) is 0 Å². The van der Waals surface area contributed by atoms with E-state index < -0.39 is 6.04 Å². The summed E-state index contributed by atoms with van der Waals surface area (Å²) in [6.45, 7) is 5.89. The molecule has 0 fully saturated rings. The number of nitrogens with zero attached hydrogens (tertiary/aromatic N) is 1. The molecule has 0 aliphatic heterocycles. The molecule has 1 N–H and O–H groups in total. The second-order valence-electron chi connectivity index (χ2n) is 7.11. The highest BCUT2D eigenvalue weighted by molar-refractivity contribution is 6.35. The standard InChI is InChI=1S/C22H25Cl3N2O2/c1-4-20(22(29)26-14(2)3)27(13-16-7-5-6-8-18(16)24)21(28)11-15-9-10-17(23)12-19(15)25/h5-10,12,14,20H,4,11,13H2,1-3H3,(H,26,29). The summed E-state index contributed by atoms with van der Waals surface area (Å²) in [5.74, 6) is -0.398. The highest BCUT2D eigenvalue weighted by atomic mass is 35.5. The van der Waals surface area contributed by atoms with Gasteiger partial charge in [-0.05, 0) is 49.6 Å². The molecule has 2 aromatic carbocycles. The molecule has 0 heterocycles. The molecule has 4 nitrogen and oxygen atoms in total. The Morgan fingerprint density at radius 3 is 2.28 bits per heavy atom. The van der Waals surface area contributed by atoms with Crippen LogP contribution in [0.15, 0.2) is 42.5 Å². The number of rotatable bonds is 8. The van der Waals surface area contributed by atoms with Crippen molar-refractivity contribution in [2.24, 2.45) is 0 Å². The van der Waals surface area contributed by atoms with Crippen LogP contribution < -0.4 is 5.32 Å². The highest BCUT2D eigenvalue weighted by Gasteiger charge is 2.29. The minimum atomic E-state index is -0.618. The van der Waals surface area contributed by atoms with Crippen LogP contribution in [0.2, 0.25) is 15.1 Å². The van der Waals surface area contributed by atoms with Crippen molar-refractivity contribution in [2.75, 3.05) is 0 Å². The molecule has 156 valence electrons. The van der Waals surface area contributed by atoms with Crippen molar-refractivity contribution in [1.82, 2.24) is 10.2 Å². The fourth-order valence-electron chi connectivity index (χ4n) is 3.04. The van der Waals surface area contributed by atoms with Gasteiger partial charge in [0.1, 0.15) is 6.04 Å². The highest BCUT2D eigenvalue weighted by Crippen LogP contribution is 2.24. The Bertz CT molecular complexity index is 871. The SMILES string of the molecule is CCC(C(=O)NC(C)C)N(Cc1ccccc1Cl)C(=O)Cc1ccc(Cl)cc1Cl. The van der Waals surface area contributed by atoms with E-state index in [9.17, 15) is 9.59 Å². The third-order valence-corrected chi connectivity index (χ3v) is 5.43. The van der Waals surface area contributed by atoms with Crippen molar-refractivity contribution in [3.63, 3.8) is 0 Å². The third kappa shape index (κ3) is 6.63. The lowest BCUT2D eigenvalue weighted by molar-refractivity contribution is -0.141. The fraction of sp³-hybridized carbons (Fsp3) is 0.364. The fourth-order valence-corrected chi connectivity index (χ4v) is 3.71. The lowest BCUT2D eigenvalue weighted by atomic mass is 10.1. The molecule has 29 heavy (non-hydrogen) atoms. The molecule has 0 aliphatic rings. The van der Waals surface area contributed by atoms with Crippen molar-refractivity contribution in [3.05, 3.63) is 68.7 Å². The van der Waals surface area contributed by atoms with Crippen LogP contribution in [0.3, 0.4) is 0 Å². The number of nitrogens with one attached hydrogen (secondary N) is 1. The number of hydrogen-bond donors (Lipinski definition) is 1. The van der Waals surface area contributed by atoms with Crippen LogP contribution >= 0.6 is 34.8 Å². The van der Waals surface area contributed by atoms with Gasteiger partial charge in [0.05, 0.1) is 6.42 Å². The molecule has 7 heteroatoms. The maximum Gasteiger partial charge on any atom is 0.243 e. The smallest absolute Gasteiger partial charge is 0.243 e. The second kappa shape index (κ2) is 10.9. The van der Waals surface area contributed by atoms with Gasteiger partial charge < -0.3 is 10.2 Å². The Labute approximate surface area is 187 Å². The van der Waals surface area contributed by atoms with Gasteiger partial charge in [0.15, 0.2) is 0 Å². The van der Waals surface area contributed by atoms with E-state index in [2.05, 4.69) is 5.32 Å². The zero-order valence-electron chi connectivity index (χ0n) is 16.7. The average molecular weight is 456 g/mol. The minimum Gasteiger partial charge on any atom is -0.352 e. The van der Waals surface area contributed by atoms with Crippen molar-refractivity contribution in [1.29, 1.82) is 0 Å². The van der Waals surface area contributed by atoms with E-state index >= 15 is 0 Å². The molecule has 0 bridgehead atoms. The number of carbonyl (C=O) groups is 2. The first-order valence-corrected chi connectivity index (χ1v) is 10.6. The summed E-state index contributed by atoms with van der Waals surface area (Å²) in [5.41, 5.74) is 1.44. The Morgan fingerprint density at radius 2 is 1.69 bits per heavy atom. The van der Waals surface area contributed by atoms with Crippen LogP contribution in [0.1, 0.15) is 38.3 Å². The van der Waals surface area contributed by atoms with Crippen molar-refractivity contribution < 1.29 is 9.59 Å². The molecule has 2 rings (SSSR count). The molecule has 2 aromatic rings. The summed E-state index contributed by atoms with van der Waals surface area (Å²) in [7, 11) is 0. The monoisotopic (exact) mass is 454 g/mol. The Balaban J connectivity index is 2.35. The van der Waals surface area contributed by atoms with Gasteiger partial charge in [-0.2, -0.15) is 0 Å². The predicted molar refractivity (Wildman–Crippen MR) is 120 cm³/mol. The first-order valence-electron chi connectivity index (χ1n) is 9.50. The Hall–Kier alpha value is -1.75. The summed E-state index contributed by atoms with van der Waals surface area (Å²) in [6.07, 6.45) is 0.537. The quantitative estimate of drug-likeness (QED) is 0.569. The summed E-state index contributed by atoms with van der Waals surface area (Å²) in [6, 6.07) is 11.7. The molecule has 0 radical (unpaired) electrons. The predicted octanol–water partition coefficient (Wildman–Crippen LogP) is 5.52. The van der Waals surface area contributed by atoms with Crippen LogP contribution in [0.25, 0.3) is 0 Å². The van der Waals surface area contributed by atoms with Gasteiger partial charge in [0.2, 0.25) is 11.8 Å². The maximum atomic E-state index is 13.3. The Morgan fingerprint density at radius 1 is 1.00 bits per heavy atom. The minimum absolute atomic E-state index is 0.0282. The van der Waals surface area contributed by atoms with Gasteiger partial charge in [0.25, 0.3) is 0 Å². The van der Waals surface area contributed by atoms with Crippen LogP contribution in [-0.2, 0) is 22.6 Å². The van der Waals surface area contributed by atoms with E-state index in [4.69, 9.17) is 34.8 Å². The third-order valence-electron chi connectivity index (χ3n) is 4.47. The number of amides is 2. The lowest BCUT2D eigenvalue weighted by Gasteiger charge is -2.31. The molecule has 2 amide bonds. The van der Waals surface area contributed by atoms with E-state index in [1.54, 1.807) is 29.2 Å². The van der Waals surface area contributed by atoms with Gasteiger partial charge in [-0.25, -0.2) is 0 Å². The molecule has 1 atom stereocenters. The normalized spacial score (nSPS) is 12.0. The van der Waals surface area contributed by atoms with Gasteiger partial charge in [-0.1, -0.05) is 66.0 Å². The molecule has 0 saturated carbocycles. The molecule has 0 saturated heterocycles. The van der Waals surface area contributed by atoms with Crippen molar-refractivity contribution >= 4 is 46.6 Å². The second-order valence-corrected chi connectivity index (χ2v) is 8.36. The van der Waals surface area contributed by atoms with Gasteiger partial charge in [-0.3, -0.25) is 9.59 Å². The van der Waals surface area contributed by atoms with E-state index in [1.807, 2.05) is 39.0 Å². The number of halogens is 3. The van der Waals surface area contributed by atoms with E-state index in [1.165, 1.54) is 0 Å². The first-order chi connectivity index (χ1) is 13.7. The summed E-state index contributed by atoms with van der Waals surface area (Å²) < 4.78 is 0. The summed E-state index contributed by atoms with van der Waals surface area (Å²) in [5, 5.41) is 4.37. The molecular formula is C22H25Cl3N2O2. The zero-order valence-corrected chi connectivity index (χ0v) is 19.0. The van der Waals surface area contributed by atoms with Crippen LogP contribution in [0.4, 0.5) is 0 Å². The average Bonchev–Trinajstić information content (AvgIpc) is 2.64. The number of benzene rings is 2. The number of hydrogen-bond acceptors (Lipinski definition) is 2. The van der Waals surface area contributed by atoms with Crippen LogP contribution in [0, 0.1) is 0 Å². The molecule has 0 aliphatic carbocycles. The van der Waals surface area contributed by atoms with Crippen molar-refractivity contribution in [3.8, 4) is 0 Å². The van der Waals surface area contributed by atoms with E-state index in [-0.39, 0.29) is 30.8 Å². The zero-order chi connectivity index (χ0) is 21.6. The maximum absolute atomic E-state index is 13.3. The largest absolute Gasteiger partial charge is 0.352 e. The topological polar surface area (TPSA) is 49.4 Å². The lowest BCUT2D eigenvalue weighted by Crippen LogP contribution is -2.50. The molecule has 1 unspecified atom stereocenters. The molecule has 0 spiro atoms. The Kier molecular flexibility index (Phi) is 8.81. The molecular weight excluding hydrogens is 431 g/mol. The first kappa shape index (κ1) is 23.5. The molecule has 0 aromatic heterocycles. The van der Waals surface area contributed by atoms with Crippen LogP contribution in [-0.4, -0.2) is 28.8 Å². The van der Waals surface area contributed by atoms with Gasteiger partial charge in [-0.15, -0.1) is 0 Å². The van der Waals surface area contributed by atoms with Gasteiger partial charge in [0, 0.05) is 27.7 Å². The van der Waals surface area contributed by atoms with Crippen molar-refractivity contribution in [2.45, 2.75) is 52.2 Å². The van der Waals surface area contributed by atoms with E-state index in [0.717, 1.165) is 5.56 Å². The van der Waals surface area contributed by atoms with Gasteiger partial charge >= 0.3 is 0 Å². The van der Waals surface area contributed by atoms with E-state index in [0.29, 0.717) is 27.1 Å². The number of carbonyl (C=O) groups excluding carboxylic acids is 2. The summed E-state index contributed by atoms with van der Waals surface area (Å²) in [4.78, 5) is 27.6. The summed E-state index contributed by atoms with van der Waals surface area (Å²) >= 11 is 18.5.